The summed E-state index contributed by atoms with van der Waals surface area (Å²) < 4.78 is 4.35. The van der Waals surface area contributed by atoms with Crippen LogP contribution in [-0.2, 0) is 0 Å². The summed E-state index contributed by atoms with van der Waals surface area (Å²) in [6, 6.07) is 26.2. The van der Waals surface area contributed by atoms with Crippen LogP contribution in [0, 0.1) is 0 Å². The highest BCUT2D eigenvalue weighted by Crippen LogP contribution is 2.19. The third-order valence-electron chi connectivity index (χ3n) is 5.66. The predicted octanol–water partition coefficient (Wildman–Crippen LogP) is 6.79. The summed E-state index contributed by atoms with van der Waals surface area (Å²) in [5.41, 5.74) is 7.55. The molecule has 0 atom stereocenters. The van der Waals surface area contributed by atoms with Crippen molar-refractivity contribution in [3.63, 3.8) is 0 Å². The largest absolute Gasteiger partial charge is 0.210 e. The molecule has 0 saturated carbocycles. The van der Waals surface area contributed by atoms with E-state index < -0.39 is 0 Å². The molecule has 0 spiro atoms. The minimum Gasteiger partial charge on any atom is -0.167 e. The highest BCUT2D eigenvalue weighted by molar-refractivity contribution is 5.61. The predicted molar refractivity (Wildman–Crippen MR) is 130 cm³/mol. The molecule has 2 heterocycles. The van der Waals surface area contributed by atoms with Crippen molar-refractivity contribution in [1.29, 1.82) is 0 Å². The Bertz CT molecular complexity index is 1030. The number of benzene rings is 2. The Hall–Kier alpha value is -3.26. The van der Waals surface area contributed by atoms with Crippen LogP contribution in [0.5, 0.6) is 0 Å². The van der Waals surface area contributed by atoms with Gasteiger partial charge in [-0.15, -0.1) is 0 Å². The molecule has 0 aliphatic heterocycles. The second-order valence-corrected chi connectivity index (χ2v) is 8.49. The Morgan fingerprint density at radius 3 is 1.19 bits per heavy atom. The number of pyridine rings is 2. The van der Waals surface area contributed by atoms with Crippen molar-refractivity contribution in [2.45, 2.75) is 47.0 Å². The van der Waals surface area contributed by atoms with Gasteiger partial charge in [-0.3, -0.25) is 0 Å². The molecule has 2 nitrogen and oxygen atoms in total. The first-order chi connectivity index (χ1) is 14.5. The minimum absolute atomic E-state index is 0. The maximum absolute atomic E-state index is 2.26. The van der Waals surface area contributed by atoms with E-state index in [0.29, 0.717) is 11.8 Å². The quantitative estimate of drug-likeness (QED) is 0.320. The summed E-state index contributed by atoms with van der Waals surface area (Å²) in [7, 11) is 0. The fourth-order valence-corrected chi connectivity index (χ4v) is 3.67. The van der Waals surface area contributed by atoms with Crippen LogP contribution in [0.15, 0.2) is 97.6 Å². The molecule has 0 fully saturated rings. The lowest BCUT2D eigenvalue weighted by Crippen LogP contribution is -2.30. The lowest BCUT2D eigenvalue weighted by atomic mass is 10.0. The van der Waals surface area contributed by atoms with Gasteiger partial charge in [0.1, 0.15) is 0 Å². The van der Waals surface area contributed by atoms with Crippen molar-refractivity contribution in [3.05, 3.63) is 109 Å². The summed E-state index contributed by atoms with van der Waals surface area (Å²) in [6.45, 7) is 8.92. The molecule has 0 saturated heterocycles. The van der Waals surface area contributed by atoms with Crippen LogP contribution in [0.4, 0.5) is 0 Å². The fraction of sp³-hybridized carbons (Fsp3) is 0.241. The summed E-state index contributed by atoms with van der Waals surface area (Å²) >= 11 is 0. The van der Waals surface area contributed by atoms with E-state index in [4.69, 9.17) is 0 Å². The average molecular weight is 411 g/mol. The van der Waals surface area contributed by atoms with E-state index in [1.54, 1.807) is 0 Å². The molecule has 2 aromatic carbocycles. The first-order valence-corrected chi connectivity index (χ1v) is 10.7. The maximum Gasteiger partial charge on any atom is 0.210 e. The van der Waals surface area contributed by atoms with Crippen molar-refractivity contribution < 1.29 is 9.13 Å². The standard InChI is InChI=1S/C28H30N2.CH4/c1-21(2)25-7-5-9-27(19-25)29-15-11-23(12-16-29)24-13-17-30(18-14-24)28-10-6-8-26(20-28)22(3)4;/h5-22H,1-4H3;1H4/q+2;. The van der Waals surface area contributed by atoms with Gasteiger partial charge >= 0.3 is 0 Å². The van der Waals surface area contributed by atoms with Gasteiger partial charge in [-0.2, -0.15) is 9.13 Å². The van der Waals surface area contributed by atoms with Crippen LogP contribution in [0.1, 0.15) is 58.1 Å². The maximum atomic E-state index is 2.26. The van der Waals surface area contributed by atoms with Gasteiger partial charge in [0.05, 0.1) is 0 Å². The Labute approximate surface area is 187 Å². The SMILES string of the molecule is C.CC(C)c1cccc(-[n+]2ccc(-c3cc[n+](-c4cccc(C(C)C)c4)cc3)cc2)c1. The third-order valence-corrected chi connectivity index (χ3v) is 5.66. The zero-order valence-corrected chi connectivity index (χ0v) is 18.3. The van der Waals surface area contributed by atoms with Gasteiger partial charge in [0.15, 0.2) is 24.8 Å². The number of hydrogen-bond acceptors (Lipinski definition) is 0. The van der Waals surface area contributed by atoms with E-state index in [2.05, 4.69) is 134 Å². The van der Waals surface area contributed by atoms with E-state index >= 15 is 0 Å². The van der Waals surface area contributed by atoms with Crippen molar-refractivity contribution in [3.8, 4) is 22.5 Å². The Morgan fingerprint density at radius 1 is 0.516 bits per heavy atom. The van der Waals surface area contributed by atoms with Gasteiger partial charge in [0, 0.05) is 48.5 Å². The average Bonchev–Trinajstić information content (AvgIpc) is 2.79. The Kier molecular flexibility index (Phi) is 7.02. The number of hydrogen-bond donors (Lipinski definition) is 0. The van der Waals surface area contributed by atoms with E-state index in [0.717, 1.165) is 0 Å². The van der Waals surface area contributed by atoms with Gasteiger partial charge in [-0.05, 0) is 34.1 Å². The molecule has 0 amide bonds. The number of aromatic nitrogens is 2. The smallest absolute Gasteiger partial charge is 0.167 e. The molecule has 31 heavy (non-hydrogen) atoms. The summed E-state index contributed by atoms with van der Waals surface area (Å²) in [5, 5.41) is 0. The lowest BCUT2D eigenvalue weighted by Gasteiger charge is -2.06. The Morgan fingerprint density at radius 2 is 0.871 bits per heavy atom. The second-order valence-electron chi connectivity index (χ2n) is 8.49. The molecule has 0 radical (unpaired) electrons. The van der Waals surface area contributed by atoms with Crippen LogP contribution in [0.25, 0.3) is 22.5 Å². The van der Waals surface area contributed by atoms with Crippen molar-refractivity contribution in [2.75, 3.05) is 0 Å². The van der Waals surface area contributed by atoms with Gasteiger partial charge in [-0.1, -0.05) is 59.4 Å². The summed E-state index contributed by atoms with van der Waals surface area (Å²) in [6.07, 6.45) is 8.56. The third kappa shape index (κ3) is 5.08. The lowest BCUT2D eigenvalue weighted by molar-refractivity contribution is -0.596. The Balaban J connectivity index is 0.00000272. The molecular weight excluding hydrogens is 376 g/mol. The molecule has 0 bridgehead atoms. The minimum atomic E-state index is 0. The van der Waals surface area contributed by atoms with Crippen LogP contribution in [0.3, 0.4) is 0 Å². The van der Waals surface area contributed by atoms with Gasteiger partial charge in [0.2, 0.25) is 11.4 Å². The monoisotopic (exact) mass is 410 g/mol. The van der Waals surface area contributed by atoms with E-state index in [1.807, 2.05) is 0 Å². The number of nitrogens with zero attached hydrogens (tertiary/aromatic N) is 2. The number of rotatable bonds is 5. The van der Waals surface area contributed by atoms with Crippen molar-refractivity contribution in [2.24, 2.45) is 0 Å². The van der Waals surface area contributed by atoms with E-state index in [-0.39, 0.29) is 7.43 Å². The molecule has 0 aliphatic carbocycles. The molecule has 4 aromatic rings. The zero-order chi connectivity index (χ0) is 21.1. The topological polar surface area (TPSA) is 7.76 Å². The molecule has 0 N–H and O–H groups in total. The molecular formula is C29H34N2+2. The van der Waals surface area contributed by atoms with E-state index in [1.165, 1.54) is 33.6 Å². The van der Waals surface area contributed by atoms with Crippen molar-refractivity contribution >= 4 is 0 Å². The zero-order valence-electron chi connectivity index (χ0n) is 18.3. The highest BCUT2D eigenvalue weighted by atomic mass is 14.9. The van der Waals surface area contributed by atoms with Crippen LogP contribution < -0.4 is 9.13 Å². The normalized spacial score (nSPS) is 10.9. The molecule has 2 aromatic heterocycles. The molecule has 4 rings (SSSR count). The first-order valence-electron chi connectivity index (χ1n) is 10.7. The van der Waals surface area contributed by atoms with Gasteiger partial charge in [-0.25, -0.2) is 0 Å². The van der Waals surface area contributed by atoms with Crippen LogP contribution in [0.2, 0.25) is 0 Å². The van der Waals surface area contributed by atoms with Crippen LogP contribution >= 0.6 is 0 Å². The molecule has 158 valence electrons. The summed E-state index contributed by atoms with van der Waals surface area (Å²) in [5.74, 6) is 1.06. The second kappa shape index (κ2) is 9.70. The summed E-state index contributed by atoms with van der Waals surface area (Å²) in [4.78, 5) is 0. The molecule has 2 heteroatoms. The fourth-order valence-electron chi connectivity index (χ4n) is 3.67. The van der Waals surface area contributed by atoms with Crippen molar-refractivity contribution in [1.82, 2.24) is 0 Å². The highest BCUT2D eigenvalue weighted by Gasteiger charge is 2.11. The molecule has 0 unspecified atom stereocenters. The van der Waals surface area contributed by atoms with Gasteiger partial charge < -0.3 is 0 Å². The van der Waals surface area contributed by atoms with Crippen LogP contribution in [-0.4, -0.2) is 0 Å². The van der Waals surface area contributed by atoms with Gasteiger partial charge in [0.25, 0.3) is 0 Å². The van der Waals surface area contributed by atoms with E-state index in [9.17, 15) is 0 Å². The molecule has 0 aliphatic rings. The first kappa shape index (κ1) is 22.4.